The lowest BCUT2D eigenvalue weighted by atomic mass is 10.0. The second-order valence-corrected chi connectivity index (χ2v) is 5.22. The molecule has 15 heavy (non-hydrogen) atoms. The molecule has 0 atom stereocenters. The maximum Gasteiger partial charge on any atom is 0.407 e. The minimum Gasteiger partial charge on any atom is -0.444 e. The van der Waals surface area contributed by atoms with Gasteiger partial charge in [-0.25, -0.2) is 4.79 Å². The Morgan fingerprint density at radius 3 is 2.40 bits per heavy atom. The molecule has 0 aromatic rings. The van der Waals surface area contributed by atoms with Gasteiger partial charge in [-0.3, -0.25) is 0 Å². The highest BCUT2D eigenvalue weighted by Crippen LogP contribution is 2.10. The van der Waals surface area contributed by atoms with Crippen LogP contribution in [0.15, 0.2) is 0 Å². The molecule has 0 unspecified atom stereocenters. The zero-order valence-corrected chi connectivity index (χ0v) is 10.2. The van der Waals surface area contributed by atoms with Crippen LogP contribution in [0.25, 0.3) is 0 Å². The van der Waals surface area contributed by atoms with Crippen molar-refractivity contribution >= 4 is 14.1 Å². The van der Waals surface area contributed by atoms with Crippen LogP contribution in [0.2, 0.25) is 0 Å². The van der Waals surface area contributed by atoms with Crippen molar-refractivity contribution in [3.63, 3.8) is 0 Å². The normalized spacial score (nSPS) is 19.9. The first-order valence-electron chi connectivity index (χ1n) is 5.55. The fourth-order valence-electron chi connectivity index (χ4n) is 1.63. The van der Waals surface area contributed by atoms with E-state index in [-0.39, 0.29) is 12.1 Å². The molecule has 1 amide bonds. The van der Waals surface area contributed by atoms with Crippen LogP contribution in [-0.4, -0.2) is 43.6 Å². The molecule has 0 spiro atoms. The van der Waals surface area contributed by atoms with E-state index in [1.54, 1.807) is 0 Å². The van der Waals surface area contributed by atoms with Gasteiger partial charge in [-0.2, -0.15) is 0 Å². The van der Waals surface area contributed by atoms with Gasteiger partial charge in [0.1, 0.15) is 5.60 Å². The standard InChI is InChI=1S/C10H21BN2O2/c1-10(2,3)15-9(14)12-8-4-6-13(11)7-5-8/h8H,4-7,11H2,1-3H3,(H,12,14). The highest BCUT2D eigenvalue weighted by atomic mass is 16.6. The SMILES string of the molecule is BN1CCC(NC(=O)OC(C)(C)C)CC1. The predicted octanol–water partition coefficient (Wildman–Crippen LogP) is 0.524. The van der Waals surface area contributed by atoms with Crippen molar-refractivity contribution in [3.05, 3.63) is 0 Å². The van der Waals surface area contributed by atoms with E-state index in [1.165, 1.54) is 0 Å². The van der Waals surface area contributed by atoms with E-state index in [0.29, 0.717) is 0 Å². The van der Waals surface area contributed by atoms with E-state index in [2.05, 4.69) is 18.1 Å². The van der Waals surface area contributed by atoms with Gasteiger partial charge in [0.15, 0.2) is 7.98 Å². The largest absolute Gasteiger partial charge is 0.444 e. The first-order chi connectivity index (χ1) is 6.87. The number of ether oxygens (including phenoxy) is 1. The van der Waals surface area contributed by atoms with Crippen molar-refractivity contribution in [2.75, 3.05) is 13.1 Å². The molecule has 0 aromatic carbocycles. The molecule has 1 rings (SSSR count). The summed E-state index contributed by atoms with van der Waals surface area (Å²) in [4.78, 5) is 13.7. The fraction of sp³-hybridized carbons (Fsp3) is 0.900. The van der Waals surface area contributed by atoms with Gasteiger partial charge in [0, 0.05) is 6.04 Å². The van der Waals surface area contributed by atoms with Crippen LogP contribution in [0.3, 0.4) is 0 Å². The molecule has 1 saturated heterocycles. The molecular weight excluding hydrogens is 191 g/mol. The van der Waals surface area contributed by atoms with Crippen LogP contribution in [0.1, 0.15) is 33.6 Å². The predicted molar refractivity (Wildman–Crippen MR) is 62.5 cm³/mol. The van der Waals surface area contributed by atoms with Gasteiger partial charge in [-0.05, 0) is 46.7 Å². The summed E-state index contributed by atoms with van der Waals surface area (Å²) in [6, 6.07) is 0.274. The maximum atomic E-state index is 11.5. The highest BCUT2D eigenvalue weighted by molar-refractivity contribution is 6.04. The van der Waals surface area contributed by atoms with Crippen molar-refractivity contribution in [2.45, 2.75) is 45.3 Å². The first kappa shape index (κ1) is 12.4. The van der Waals surface area contributed by atoms with Crippen molar-refractivity contribution in [1.82, 2.24) is 10.1 Å². The zero-order chi connectivity index (χ0) is 11.5. The average molecular weight is 212 g/mol. The van der Waals surface area contributed by atoms with E-state index in [4.69, 9.17) is 4.74 Å². The van der Waals surface area contributed by atoms with Gasteiger partial charge in [0.25, 0.3) is 0 Å². The number of nitrogens with one attached hydrogen (secondary N) is 1. The summed E-state index contributed by atoms with van der Waals surface area (Å²) >= 11 is 0. The zero-order valence-electron chi connectivity index (χ0n) is 10.2. The van der Waals surface area contributed by atoms with E-state index >= 15 is 0 Å². The second kappa shape index (κ2) is 4.88. The van der Waals surface area contributed by atoms with Crippen LogP contribution in [0.5, 0.6) is 0 Å². The smallest absolute Gasteiger partial charge is 0.407 e. The number of alkyl carbamates (subject to hydrolysis) is 1. The molecule has 1 fully saturated rings. The first-order valence-corrected chi connectivity index (χ1v) is 5.55. The number of carbonyl (C=O) groups excluding carboxylic acids is 1. The van der Waals surface area contributed by atoms with Gasteiger partial charge < -0.3 is 14.9 Å². The molecule has 1 N–H and O–H groups in total. The number of carbonyl (C=O) groups is 1. The van der Waals surface area contributed by atoms with Gasteiger partial charge in [0.2, 0.25) is 0 Å². The summed E-state index contributed by atoms with van der Waals surface area (Å²) in [7, 11) is 2.10. The molecule has 0 radical (unpaired) electrons. The minimum absolute atomic E-state index is 0.274. The van der Waals surface area contributed by atoms with Gasteiger partial charge >= 0.3 is 6.09 Å². The Morgan fingerprint density at radius 2 is 1.93 bits per heavy atom. The molecule has 1 heterocycles. The molecule has 0 aromatic heterocycles. The molecule has 4 nitrogen and oxygen atoms in total. The van der Waals surface area contributed by atoms with E-state index in [9.17, 15) is 4.79 Å². The lowest BCUT2D eigenvalue weighted by Gasteiger charge is -2.30. The van der Waals surface area contributed by atoms with Crippen LogP contribution in [0.4, 0.5) is 4.79 Å². The number of rotatable bonds is 1. The summed E-state index contributed by atoms with van der Waals surface area (Å²) in [6.45, 7) is 7.71. The average Bonchev–Trinajstić information content (AvgIpc) is 2.05. The highest BCUT2D eigenvalue weighted by Gasteiger charge is 2.21. The Bertz CT molecular complexity index is 220. The Hall–Kier alpha value is -0.705. The topological polar surface area (TPSA) is 41.6 Å². The number of hydrogen-bond donors (Lipinski definition) is 1. The number of nitrogens with zero attached hydrogens (tertiary/aromatic N) is 1. The molecule has 5 heteroatoms. The third-order valence-corrected chi connectivity index (χ3v) is 2.44. The van der Waals surface area contributed by atoms with Crippen molar-refractivity contribution in [1.29, 1.82) is 0 Å². The molecular formula is C10H21BN2O2. The summed E-state index contributed by atoms with van der Waals surface area (Å²) in [5.74, 6) is 0. The fourth-order valence-corrected chi connectivity index (χ4v) is 1.63. The summed E-state index contributed by atoms with van der Waals surface area (Å²) < 4.78 is 5.20. The molecule has 0 bridgehead atoms. The van der Waals surface area contributed by atoms with Crippen LogP contribution in [0, 0.1) is 0 Å². The van der Waals surface area contributed by atoms with Gasteiger partial charge in [-0.1, -0.05) is 0 Å². The third kappa shape index (κ3) is 5.07. The Kier molecular flexibility index (Phi) is 4.02. The van der Waals surface area contributed by atoms with Crippen LogP contribution in [-0.2, 0) is 4.74 Å². The van der Waals surface area contributed by atoms with Crippen molar-refractivity contribution in [3.8, 4) is 0 Å². The maximum absolute atomic E-state index is 11.5. The monoisotopic (exact) mass is 212 g/mol. The molecule has 86 valence electrons. The summed E-state index contributed by atoms with van der Waals surface area (Å²) in [6.07, 6.45) is 1.72. The van der Waals surface area contributed by atoms with Crippen molar-refractivity contribution in [2.24, 2.45) is 0 Å². The number of hydrogen-bond acceptors (Lipinski definition) is 3. The van der Waals surface area contributed by atoms with E-state index < -0.39 is 5.60 Å². The van der Waals surface area contributed by atoms with Crippen molar-refractivity contribution < 1.29 is 9.53 Å². The third-order valence-electron chi connectivity index (χ3n) is 2.44. The quantitative estimate of drug-likeness (QED) is 0.644. The second-order valence-electron chi connectivity index (χ2n) is 5.22. The molecule has 0 aliphatic carbocycles. The molecule has 1 aliphatic rings. The van der Waals surface area contributed by atoms with Gasteiger partial charge in [0.05, 0.1) is 0 Å². The number of amides is 1. The molecule has 1 aliphatic heterocycles. The van der Waals surface area contributed by atoms with E-state index in [1.807, 2.05) is 20.8 Å². The van der Waals surface area contributed by atoms with Gasteiger partial charge in [-0.15, -0.1) is 0 Å². The minimum atomic E-state index is -0.407. The summed E-state index contributed by atoms with van der Waals surface area (Å²) in [5.41, 5.74) is -0.407. The van der Waals surface area contributed by atoms with Crippen LogP contribution < -0.4 is 5.32 Å². The summed E-state index contributed by atoms with van der Waals surface area (Å²) in [5, 5.41) is 2.91. The lowest BCUT2D eigenvalue weighted by Crippen LogP contribution is -2.45. The lowest BCUT2D eigenvalue weighted by molar-refractivity contribution is 0.0489. The Labute approximate surface area is 92.8 Å². The Balaban J connectivity index is 2.27. The van der Waals surface area contributed by atoms with E-state index in [0.717, 1.165) is 25.9 Å². The Morgan fingerprint density at radius 1 is 1.40 bits per heavy atom. The number of piperidine rings is 1. The van der Waals surface area contributed by atoms with Crippen LogP contribution >= 0.6 is 0 Å². The molecule has 0 saturated carbocycles.